The van der Waals surface area contributed by atoms with Gasteiger partial charge in [-0.25, -0.2) is 19.2 Å². The molecule has 2 atom stereocenters. The number of carbonyl (C=O) groups is 4. The van der Waals surface area contributed by atoms with Gasteiger partial charge >= 0.3 is 23.8 Å². The zero-order chi connectivity index (χ0) is 38.9. The Morgan fingerprint density at radius 1 is 0.648 bits per heavy atom. The van der Waals surface area contributed by atoms with Crippen LogP contribution in [-0.4, -0.2) is 117 Å². The van der Waals surface area contributed by atoms with Crippen molar-refractivity contribution >= 4 is 47.3 Å². The van der Waals surface area contributed by atoms with Gasteiger partial charge in [-0.1, -0.05) is 24.3 Å². The maximum Gasteiger partial charge on any atom is 0.339 e. The number of benzene rings is 2. The van der Waals surface area contributed by atoms with E-state index >= 15 is 0 Å². The second-order valence-electron chi connectivity index (χ2n) is 11.9. The van der Waals surface area contributed by atoms with Crippen molar-refractivity contribution in [1.82, 2.24) is 0 Å². The summed E-state index contributed by atoms with van der Waals surface area (Å²) in [7, 11) is 0. The van der Waals surface area contributed by atoms with E-state index in [1.54, 1.807) is 39.8 Å². The normalized spacial score (nSPS) is 12.8. The number of esters is 2. The Labute approximate surface area is 325 Å². The van der Waals surface area contributed by atoms with Crippen LogP contribution in [0.25, 0.3) is 12.2 Å². The maximum atomic E-state index is 13.5. The van der Waals surface area contributed by atoms with Crippen LogP contribution in [0.4, 0.5) is 11.4 Å². The molecule has 0 aliphatic carbocycles. The summed E-state index contributed by atoms with van der Waals surface area (Å²) in [5.41, 5.74) is 0.529. The van der Waals surface area contributed by atoms with E-state index in [2.05, 4.69) is 0 Å². The van der Waals surface area contributed by atoms with Crippen molar-refractivity contribution in [3.63, 3.8) is 0 Å². The lowest BCUT2D eigenvalue weighted by atomic mass is 10.2. The van der Waals surface area contributed by atoms with Crippen LogP contribution in [0, 0.1) is 20.2 Å². The fraction of sp³-hybridized carbons (Fsp3) is 0.389. The smallest absolute Gasteiger partial charge is 0.339 e. The molecular weight excluding hydrogens is 751 g/mol. The molecule has 0 saturated heterocycles. The number of aliphatic hydroxyl groups excluding tert-OH is 2. The number of nitro groups is 2. The van der Waals surface area contributed by atoms with Gasteiger partial charge in [0.2, 0.25) is 0 Å². The number of hydrogen-bond donors (Lipinski definition) is 2. The predicted molar refractivity (Wildman–Crippen MR) is 190 cm³/mol. The number of nitro benzene ring substituents is 2. The molecule has 54 heavy (non-hydrogen) atoms. The van der Waals surface area contributed by atoms with Gasteiger partial charge in [-0.05, 0) is 51.0 Å². The first-order valence-electron chi connectivity index (χ1n) is 16.7. The summed E-state index contributed by atoms with van der Waals surface area (Å²) in [6.45, 7) is 6.91. The molecule has 0 aliphatic heterocycles. The monoisotopic (exact) mass is 796 g/mol. The van der Waals surface area contributed by atoms with E-state index < -0.39 is 59.0 Å². The molecule has 2 aromatic carbocycles. The lowest BCUT2D eigenvalue weighted by molar-refractivity contribution is -0.853. The van der Waals surface area contributed by atoms with Crippen LogP contribution < -0.4 is 24.8 Å². The van der Waals surface area contributed by atoms with Crippen molar-refractivity contribution in [2.24, 2.45) is 0 Å². The van der Waals surface area contributed by atoms with E-state index in [1.807, 2.05) is 0 Å². The first-order valence-corrected chi connectivity index (χ1v) is 16.7. The van der Waals surface area contributed by atoms with E-state index in [1.165, 1.54) is 48.6 Å². The summed E-state index contributed by atoms with van der Waals surface area (Å²) in [6.07, 6.45) is 4.63. The van der Waals surface area contributed by atoms with Gasteiger partial charge in [0.15, 0.2) is 0 Å². The number of amides is 2. The van der Waals surface area contributed by atoms with Gasteiger partial charge in [-0.15, -0.1) is 0 Å². The molecule has 2 rings (SSSR count). The fourth-order valence-electron chi connectivity index (χ4n) is 5.40. The zero-order valence-corrected chi connectivity index (χ0v) is 31.9. The highest BCUT2D eigenvalue weighted by Gasteiger charge is 2.37. The zero-order valence-electron chi connectivity index (χ0n) is 30.4. The minimum absolute atomic E-state index is 0. The number of aliphatic hydroxyl groups is 2. The Balaban J connectivity index is 0.0000140. The quantitative estimate of drug-likeness (QED) is 0.0463. The average molecular weight is 798 g/mol. The molecule has 18 heteroatoms. The molecule has 2 unspecified atom stereocenters. The molecule has 2 amide bonds. The van der Waals surface area contributed by atoms with Crippen LogP contribution >= 0.6 is 0 Å². The van der Waals surface area contributed by atoms with Crippen molar-refractivity contribution in [2.45, 2.75) is 39.9 Å². The Morgan fingerprint density at radius 2 is 0.981 bits per heavy atom. The number of ether oxygens (including phenoxy) is 2. The molecule has 16 nitrogen and oxygen atoms in total. The van der Waals surface area contributed by atoms with Crippen LogP contribution in [0.3, 0.4) is 0 Å². The van der Waals surface area contributed by atoms with Crippen LogP contribution in [0.5, 0.6) is 0 Å². The summed E-state index contributed by atoms with van der Waals surface area (Å²) in [6, 6.07) is 11.3. The average Bonchev–Trinajstić information content (AvgIpc) is 3.14. The molecule has 0 radical (unpaired) electrons. The molecule has 0 aliphatic rings. The Kier molecular flexibility index (Phi) is 21.6. The standard InChI is InChI=1S/C36H46N4O12.2ClH/c1-5-39(6-2,23-31(41)25-51-35(45)19-15-27-11-9-13-29(21-27)37(47)48)33(43)17-18-34(44)40(7-3,8-4)24-32(42)26-52-36(46)20-16-28-12-10-14-30(22-28)38(49)50;;/h9-22,31-32,41-42H,5-8,23-26H2,1-4H3;2*1H/q+2;;/p-2/b18-17+,19-15+,20-16+;;. The minimum atomic E-state index is -1.23. The Morgan fingerprint density at radius 3 is 1.28 bits per heavy atom. The van der Waals surface area contributed by atoms with Gasteiger partial charge in [-0.2, -0.15) is 0 Å². The number of halogens is 2. The largest absolute Gasteiger partial charge is 1.00 e. The molecule has 0 bridgehead atoms. The van der Waals surface area contributed by atoms with Crippen molar-refractivity contribution in [3.8, 4) is 0 Å². The third kappa shape index (κ3) is 14.9. The summed E-state index contributed by atoms with van der Waals surface area (Å²) < 4.78 is 9.73. The highest BCUT2D eigenvalue weighted by molar-refractivity contribution is 5.91. The molecule has 0 spiro atoms. The Hall–Kier alpha value is -4.84. The molecule has 0 fully saturated rings. The van der Waals surface area contributed by atoms with Gasteiger partial charge in [0.25, 0.3) is 11.4 Å². The highest BCUT2D eigenvalue weighted by atomic mass is 35.5. The van der Waals surface area contributed by atoms with Crippen LogP contribution in [0.2, 0.25) is 0 Å². The first kappa shape index (κ1) is 49.2. The molecule has 2 aromatic rings. The molecule has 0 aromatic heterocycles. The lowest BCUT2D eigenvalue weighted by Crippen LogP contribution is -3.00. The van der Waals surface area contributed by atoms with Gasteiger partial charge in [0.05, 0.1) is 48.2 Å². The van der Waals surface area contributed by atoms with Gasteiger partial charge in [-0.3, -0.25) is 29.2 Å². The summed E-state index contributed by atoms with van der Waals surface area (Å²) in [5.74, 6) is -2.53. The number of hydrogen-bond acceptors (Lipinski definition) is 12. The molecule has 0 heterocycles. The highest BCUT2D eigenvalue weighted by Crippen LogP contribution is 2.17. The Bertz CT molecular complexity index is 1570. The summed E-state index contributed by atoms with van der Waals surface area (Å²) in [5, 5.41) is 43.3. The van der Waals surface area contributed by atoms with Crippen LogP contribution in [0.15, 0.2) is 72.8 Å². The summed E-state index contributed by atoms with van der Waals surface area (Å²) in [4.78, 5) is 72.2. The van der Waals surface area contributed by atoms with Crippen molar-refractivity contribution in [2.75, 3.05) is 52.5 Å². The predicted octanol–water partition coefficient (Wildman–Crippen LogP) is -2.63. The van der Waals surface area contributed by atoms with Gasteiger partial charge < -0.3 is 44.5 Å². The summed E-state index contributed by atoms with van der Waals surface area (Å²) >= 11 is 0. The molecular formula is C36H46Cl2N4O12. The number of non-ortho nitro benzene ring substituents is 2. The number of nitrogens with zero attached hydrogens (tertiary/aromatic N) is 4. The number of quaternary nitrogens is 2. The lowest BCUT2D eigenvalue weighted by Gasteiger charge is -2.35. The second-order valence-corrected chi connectivity index (χ2v) is 11.9. The van der Waals surface area contributed by atoms with Crippen molar-refractivity contribution in [1.29, 1.82) is 0 Å². The van der Waals surface area contributed by atoms with E-state index in [0.717, 1.165) is 24.3 Å². The van der Waals surface area contributed by atoms with Crippen molar-refractivity contribution in [3.05, 3.63) is 104 Å². The number of rotatable bonds is 20. The van der Waals surface area contributed by atoms with Crippen LogP contribution in [-0.2, 0) is 28.7 Å². The third-order valence-corrected chi connectivity index (χ3v) is 8.67. The maximum absolute atomic E-state index is 13.5. The fourth-order valence-corrected chi connectivity index (χ4v) is 5.40. The topological polar surface area (TPSA) is 213 Å². The van der Waals surface area contributed by atoms with E-state index in [0.29, 0.717) is 11.1 Å². The molecule has 0 saturated carbocycles. The minimum Gasteiger partial charge on any atom is -1.00 e. The number of carbonyl (C=O) groups excluding carboxylic acids is 4. The third-order valence-electron chi connectivity index (χ3n) is 8.67. The molecule has 2 N–H and O–H groups in total. The van der Waals surface area contributed by atoms with Crippen molar-refractivity contribution < 1.29 is 82.5 Å². The first-order chi connectivity index (χ1) is 24.6. The van der Waals surface area contributed by atoms with Gasteiger partial charge in [0, 0.05) is 36.4 Å². The van der Waals surface area contributed by atoms with Crippen LogP contribution in [0.1, 0.15) is 38.8 Å². The van der Waals surface area contributed by atoms with E-state index in [-0.39, 0.29) is 84.4 Å². The number of likely N-dealkylation sites (N-methyl/N-ethyl adjacent to an activating group) is 2. The molecule has 296 valence electrons. The SMILES string of the molecule is CC[N+](CC)(CC(O)COC(=O)/C=C/c1cccc([N+](=O)[O-])c1)C(=O)/C=C/C(=O)[N+](CC)(CC)CC(O)COC(=O)/C=C/c1cccc([N+](=O)[O-])c1.[Cl-].[Cl-]. The van der Waals surface area contributed by atoms with E-state index in [4.69, 9.17) is 9.47 Å². The second kappa shape index (κ2) is 23.7. The van der Waals surface area contributed by atoms with Gasteiger partial charge in [0.1, 0.15) is 38.5 Å². The van der Waals surface area contributed by atoms with E-state index in [9.17, 15) is 49.6 Å².